The van der Waals surface area contributed by atoms with Crippen LogP contribution in [-0.2, 0) is 4.79 Å². The summed E-state index contributed by atoms with van der Waals surface area (Å²) < 4.78 is 82.4. The molecule has 0 spiro atoms. The molecule has 0 bridgehead atoms. The summed E-state index contributed by atoms with van der Waals surface area (Å²) in [6, 6.07) is 5.10. The Labute approximate surface area is 274 Å². The van der Waals surface area contributed by atoms with Crippen LogP contribution in [0.2, 0.25) is 0 Å². The van der Waals surface area contributed by atoms with Gasteiger partial charge in [0.15, 0.2) is 0 Å². The van der Waals surface area contributed by atoms with Gasteiger partial charge >= 0.3 is 12.4 Å². The number of carbonyl (C=O) groups is 2. The van der Waals surface area contributed by atoms with Gasteiger partial charge in [-0.25, -0.2) is 0 Å². The van der Waals surface area contributed by atoms with Crippen molar-refractivity contribution in [3.63, 3.8) is 0 Å². The normalized spacial score (nSPS) is 17.2. The van der Waals surface area contributed by atoms with Crippen molar-refractivity contribution in [1.29, 1.82) is 0 Å². The van der Waals surface area contributed by atoms with Gasteiger partial charge in [-0.2, -0.15) is 26.3 Å². The average Bonchev–Trinajstić information content (AvgIpc) is 2.99. The van der Waals surface area contributed by atoms with Crippen molar-refractivity contribution in [3.8, 4) is 0 Å². The Balaban J connectivity index is 2.48. The molecule has 16 heteroatoms. The number of piperidine rings is 1. The molecule has 0 unspecified atom stereocenters. The molecular formula is C32H41F6N7O3. The van der Waals surface area contributed by atoms with Crippen LogP contribution in [0.5, 0.6) is 0 Å². The highest BCUT2D eigenvalue weighted by Gasteiger charge is 2.42. The Morgan fingerprint density at radius 2 is 1.62 bits per heavy atom. The van der Waals surface area contributed by atoms with E-state index in [0.29, 0.717) is 43.9 Å². The van der Waals surface area contributed by atoms with E-state index in [0.717, 1.165) is 4.90 Å². The molecule has 1 saturated heterocycles. The monoisotopic (exact) mass is 685 g/mol. The number of aliphatic hydroxyl groups excluding tert-OH is 1. The maximum Gasteiger partial charge on any atom is 0.432 e. The number of carbonyl (C=O) groups excluding carboxylic acids is 2. The fourth-order valence-electron chi connectivity index (χ4n) is 5.00. The van der Waals surface area contributed by atoms with Crippen molar-refractivity contribution < 1.29 is 41.0 Å². The van der Waals surface area contributed by atoms with Crippen LogP contribution in [0.3, 0.4) is 0 Å². The molecular weight excluding hydrogens is 644 g/mol. The average molecular weight is 686 g/mol. The second kappa shape index (κ2) is 15.8. The van der Waals surface area contributed by atoms with Crippen LogP contribution in [0.4, 0.5) is 26.3 Å². The molecule has 10 N–H and O–H groups in total. The molecule has 1 aliphatic rings. The predicted octanol–water partition coefficient (Wildman–Crippen LogP) is 3.91. The van der Waals surface area contributed by atoms with Gasteiger partial charge in [-0.3, -0.25) is 9.59 Å². The summed E-state index contributed by atoms with van der Waals surface area (Å²) in [6.07, 6.45) is -6.53. The van der Waals surface area contributed by atoms with Gasteiger partial charge in [0.05, 0.1) is 34.7 Å². The SMILES string of the molecule is C=C(/C=C(\C=C/N)C(F)(F)F)NC(=O)c1ccc(/C(N)=C(\C(=C)N)N(C[C@@H]2CCCN(C(=O)C(C)(C)CO)C2)/C(=C\N)C(F)(F)F)cc1. The van der Waals surface area contributed by atoms with E-state index in [1.807, 2.05) is 0 Å². The van der Waals surface area contributed by atoms with Crippen LogP contribution >= 0.6 is 0 Å². The number of halogens is 6. The predicted molar refractivity (Wildman–Crippen MR) is 170 cm³/mol. The van der Waals surface area contributed by atoms with Gasteiger partial charge < -0.3 is 43.2 Å². The first kappa shape index (κ1) is 39.3. The van der Waals surface area contributed by atoms with Crippen molar-refractivity contribution in [2.24, 2.45) is 34.3 Å². The highest BCUT2D eigenvalue weighted by Crippen LogP contribution is 2.36. The quantitative estimate of drug-likeness (QED) is 0.142. The minimum absolute atomic E-state index is 0.0374. The summed E-state index contributed by atoms with van der Waals surface area (Å²) in [5.74, 6) is -1.68. The van der Waals surface area contributed by atoms with E-state index in [2.05, 4.69) is 18.5 Å². The molecule has 10 nitrogen and oxygen atoms in total. The minimum atomic E-state index is -4.95. The summed E-state index contributed by atoms with van der Waals surface area (Å²) in [4.78, 5) is 28.0. The van der Waals surface area contributed by atoms with Gasteiger partial charge in [0.1, 0.15) is 5.70 Å². The lowest BCUT2D eigenvalue weighted by atomic mass is 9.89. The number of rotatable bonds is 12. The van der Waals surface area contributed by atoms with E-state index >= 15 is 0 Å². The van der Waals surface area contributed by atoms with Crippen LogP contribution in [0.25, 0.3) is 5.70 Å². The maximum atomic E-state index is 14.3. The van der Waals surface area contributed by atoms with Crippen molar-refractivity contribution in [1.82, 2.24) is 15.1 Å². The van der Waals surface area contributed by atoms with Gasteiger partial charge in [0.2, 0.25) is 5.91 Å². The zero-order valence-electron chi connectivity index (χ0n) is 26.6. The molecule has 1 aromatic rings. The molecule has 1 fully saturated rings. The van der Waals surface area contributed by atoms with E-state index < -0.39 is 47.5 Å². The van der Waals surface area contributed by atoms with Crippen molar-refractivity contribution in [2.45, 2.75) is 39.0 Å². The lowest BCUT2D eigenvalue weighted by molar-refractivity contribution is -0.144. The molecule has 0 aromatic heterocycles. The number of aliphatic hydroxyl groups is 1. The second-order valence-corrected chi connectivity index (χ2v) is 11.8. The molecule has 1 heterocycles. The van der Waals surface area contributed by atoms with Gasteiger partial charge in [-0.15, -0.1) is 0 Å². The Hall–Kier alpha value is -4.86. The Kier molecular flexibility index (Phi) is 13.0. The fourth-order valence-corrected chi connectivity index (χ4v) is 5.00. The third-order valence-electron chi connectivity index (χ3n) is 7.45. The number of hydrogen-bond donors (Lipinski definition) is 6. The molecule has 1 aliphatic heterocycles. The summed E-state index contributed by atoms with van der Waals surface area (Å²) in [5, 5.41) is 11.9. The number of benzene rings is 1. The molecule has 0 radical (unpaired) electrons. The first-order valence-corrected chi connectivity index (χ1v) is 14.6. The molecule has 2 rings (SSSR count). The minimum Gasteiger partial charge on any atom is -0.405 e. The van der Waals surface area contributed by atoms with Crippen LogP contribution in [0.1, 0.15) is 42.6 Å². The van der Waals surface area contributed by atoms with Gasteiger partial charge in [-0.1, -0.05) is 25.3 Å². The molecule has 264 valence electrons. The topological polar surface area (TPSA) is 177 Å². The van der Waals surface area contributed by atoms with Gasteiger partial charge in [0, 0.05) is 37.1 Å². The van der Waals surface area contributed by atoms with Crippen LogP contribution < -0.4 is 28.3 Å². The highest BCUT2D eigenvalue weighted by molar-refractivity contribution is 5.95. The fraction of sp³-hybridized carbons (Fsp3) is 0.375. The summed E-state index contributed by atoms with van der Waals surface area (Å²) in [5.41, 5.74) is 18.2. The zero-order chi connectivity index (χ0) is 36.6. The van der Waals surface area contributed by atoms with Gasteiger partial charge in [-0.05, 0) is 68.7 Å². The van der Waals surface area contributed by atoms with Crippen LogP contribution in [-0.4, -0.2) is 65.3 Å². The second-order valence-electron chi connectivity index (χ2n) is 11.8. The smallest absolute Gasteiger partial charge is 0.405 e. The van der Waals surface area contributed by atoms with Crippen molar-refractivity contribution in [2.75, 3.05) is 26.2 Å². The lowest BCUT2D eigenvalue weighted by Gasteiger charge is -2.40. The number of hydrogen-bond acceptors (Lipinski definition) is 8. The zero-order valence-corrected chi connectivity index (χ0v) is 26.6. The maximum absolute atomic E-state index is 14.3. The summed E-state index contributed by atoms with van der Waals surface area (Å²) in [7, 11) is 0. The summed E-state index contributed by atoms with van der Waals surface area (Å²) >= 11 is 0. The van der Waals surface area contributed by atoms with Crippen LogP contribution in [0.15, 0.2) is 90.3 Å². The number of likely N-dealkylation sites (tertiary alicyclic amines) is 1. The first-order valence-electron chi connectivity index (χ1n) is 14.6. The molecule has 48 heavy (non-hydrogen) atoms. The number of amides is 2. The van der Waals surface area contributed by atoms with Crippen molar-refractivity contribution in [3.05, 3.63) is 101 Å². The largest absolute Gasteiger partial charge is 0.432 e. The molecule has 1 atom stereocenters. The molecule has 0 aliphatic carbocycles. The standard InChI is InChI=1S/C32H41F6N7O3/c1-19(14-24(11-12-39)31(33,34)35)43-28(47)23-9-7-22(8-10-23)26(42)27(20(2)41)45(25(15-40)32(36,37)38)17-21-6-5-13-44(16-21)29(48)30(3,4)18-46/h7-12,14-15,21,46H,1-2,5-6,13,16-18,39-42H2,3-4H3,(H,43,47)/b12-11-,24-14+,25-15-,27-26-/t21-/m1/s1. The Bertz CT molecular complexity index is 1490. The number of nitrogens with two attached hydrogens (primary N) is 4. The molecule has 1 aromatic carbocycles. The third kappa shape index (κ3) is 10.1. The van der Waals surface area contributed by atoms with Crippen LogP contribution in [0, 0.1) is 11.3 Å². The van der Waals surface area contributed by atoms with E-state index in [1.165, 1.54) is 29.2 Å². The van der Waals surface area contributed by atoms with Gasteiger partial charge in [0.25, 0.3) is 5.91 Å². The molecule has 0 saturated carbocycles. The van der Waals surface area contributed by atoms with E-state index in [9.17, 15) is 41.0 Å². The van der Waals surface area contributed by atoms with E-state index in [4.69, 9.17) is 22.9 Å². The molecule has 2 amide bonds. The van der Waals surface area contributed by atoms with E-state index in [1.54, 1.807) is 13.8 Å². The number of allylic oxidation sites excluding steroid dienone is 4. The number of nitrogens with one attached hydrogen (secondary N) is 1. The van der Waals surface area contributed by atoms with E-state index in [-0.39, 0.29) is 52.9 Å². The Morgan fingerprint density at radius 3 is 2.10 bits per heavy atom. The third-order valence-corrected chi connectivity index (χ3v) is 7.45. The van der Waals surface area contributed by atoms with Crippen molar-refractivity contribution >= 4 is 17.5 Å². The number of alkyl halides is 6. The lowest BCUT2D eigenvalue weighted by Crippen LogP contribution is -2.49. The Morgan fingerprint density at radius 1 is 1.04 bits per heavy atom. The highest BCUT2D eigenvalue weighted by atomic mass is 19.4. The first-order chi connectivity index (χ1) is 22.2. The summed E-state index contributed by atoms with van der Waals surface area (Å²) in [6.45, 7) is 9.90. The number of nitrogens with zero attached hydrogens (tertiary/aromatic N) is 2.